The van der Waals surface area contributed by atoms with Crippen LogP contribution in [0, 0.1) is 6.92 Å². The Labute approximate surface area is 156 Å². The molecule has 11 heteroatoms. The van der Waals surface area contributed by atoms with Crippen molar-refractivity contribution in [2.75, 3.05) is 5.75 Å². The third kappa shape index (κ3) is 3.60. The van der Waals surface area contributed by atoms with Crippen molar-refractivity contribution in [3.05, 3.63) is 23.2 Å². The van der Waals surface area contributed by atoms with Gasteiger partial charge in [0, 0.05) is 23.7 Å². The fraction of sp³-hybridized carbons (Fsp3) is 0.333. The monoisotopic (exact) mass is 421 g/mol. The average molecular weight is 421 g/mol. The Balaban J connectivity index is 2.17. The van der Waals surface area contributed by atoms with Gasteiger partial charge in [0.1, 0.15) is 5.03 Å². The number of hydrogen-bond donors (Lipinski definition) is 0. The number of thioether (sulfide) groups is 1. The summed E-state index contributed by atoms with van der Waals surface area (Å²) >= 11 is 0.973. The second-order valence-electron chi connectivity index (χ2n) is 5.51. The maximum Gasteiger partial charge on any atom is 0.447 e. The third-order valence-electron chi connectivity index (χ3n) is 3.70. The number of aromatic nitrogens is 3. The summed E-state index contributed by atoms with van der Waals surface area (Å²) in [4.78, 5) is 9.69. The highest BCUT2D eigenvalue weighted by Gasteiger charge is 2.30. The van der Waals surface area contributed by atoms with E-state index >= 15 is 0 Å². The lowest BCUT2D eigenvalue weighted by atomic mass is 10.4. The molecule has 0 aromatic carbocycles. The van der Waals surface area contributed by atoms with Crippen LogP contribution in [0.25, 0.3) is 21.7 Å². The van der Waals surface area contributed by atoms with Crippen LogP contribution in [-0.2, 0) is 16.9 Å². The van der Waals surface area contributed by atoms with Crippen molar-refractivity contribution in [1.29, 1.82) is 0 Å². The number of sulfone groups is 1. The van der Waals surface area contributed by atoms with Gasteiger partial charge >= 0.3 is 5.51 Å². The molecule has 0 bridgehead atoms. The molecule has 3 aromatic heterocycles. The molecular weight excluding hydrogens is 407 g/mol. The first-order chi connectivity index (χ1) is 12.0. The van der Waals surface area contributed by atoms with Crippen molar-refractivity contribution in [3.8, 4) is 10.7 Å². The minimum absolute atomic E-state index is 0.0476. The van der Waals surface area contributed by atoms with Crippen molar-refractivity contribution in [2.45, 2.75) is 29.3 Å². The SMILES string of the molecule is CCS(=O)(=O)c1cc(C)sc1-c1nc2cc(SC(F)(F)F)ncc2n1C. The van der Waals surface area contributed by atoms with Crippen LogP contribution < -0.4 is 0 Å². The van der Waals surface area contributed by atoms with Crippen LogP contribution in [0.1, 0.15) is 11.8 Å². The zero-order chi connectivity index (χ0) is 19.3. The molecule has 0 aliphatic carbocycles. The van der Waals surface area contributed by atoms with Gasteiger partial charge in [-0.05, 0) is 19.1 Å². The standard InChI is InChI=1S/C15H14F3N3O2S3/c1-4-26(22,23)11-5-8(2)24-13(11)14-20-9-6-12(25-15(16,17)18)19-7-10(9)21(14)3/h5-7H,4H2,1-3H3. The molecule has 0 radical (unpaired) electrons. The Morgan fingerprint density at radius 3 is 2.62 bits per heavy atom. The quantitative estimate of drug-likeness (QED) is 0.584. The van der Waals surface area contributed by atoms with Crippen LogP contribution in [0.5, 0.6) is 0 Å². The fourth-order valence-electron chi connectivity index (χ4n) is 2.48. The third-order valence-corrected chi connectivity index (χ3v) is 7.29. The number of hydrogen-bond acceptors (Lipinski definition) is 6. The maximum absolute atomic E-state index is 12.5. The number of rotatable bonds is 4. The molecular formula is C15H14F3N3O2S3. The van der Waals surface area contributed by atoms with Crippen molar-refractivity contribution in [1.82, 2.24) is 14.5 Å². The Bertz CT molecular complexity index is 1080. The first-order valence-electron chi connectivity index (χ1n) is 7.43. The van der Waals surface area contributed by atoms with Crippen LogP contribution in [0.2, 0.25) is 0 Å². The molecule has 0 aliphatic rings. The number of alkyl halides is 3. The number of pyridine rings is 1. The minimum Gasteiger partial charge on any atom is -0.325 e. The summed E-state index contributed by atoms with van der Waals surface area (Å²) in [5.74, 6) is 0.342. The Morgan fingerprint density at radius 2 is 2.00 bits per heavy atom. The van der Waals surface area contributed by atoms with E-state index in [1.54, 1.807) is 31.5 Å². The van der Waals surface area contributed by atoms with E-state index in [2.05, 4.69) is 9.97 Å². The second kappa shape index (κ2) is 6.54. The molecule has 3 heterocycles. The van der Waals surface area contributed by atoms with Crippen LogP contribution in [-0.4, -0.2) is 34.2 Å². The molecule has 140 valence electrons. The Morgan fingerprint density at radius 1 is 1.31 bits per heavy atom. The molecule has 0 spiro atoms. The Hall–Kier alpha value is -1.59. The topological polar surface area (TPSA) is 64.8 Å². The van der Waals surface area contributed by atoms with Crippen molar-refractivity contribution in [2.24, 2.45) is 7.05 Å². The first kappa shape index (κ1) is 19.2. The molecule has 26 heavy (non-hydrogen) atoms. The molecule has 0 fully saturated rings. The zero-order valence-electron chi connectivity index (χ0n) is 14.0. The van der Waals surface area contributed by atoms with Crippen molar-refractivity contribution < 1.29 is 21.6 Å². The molecule has 0 aliphatic heterocycles. The van der Waals surface area contributed by atoms with Crippen molar-refractivity contribution >= 4 is 44.0 Å². The number of thiophene rings is 1. The molecule has 0 saturated carbocycles. The number of imidazole rings is 1. The van der Waals surface area contributed by atoms with Gasteiger partial charge in [-0.1, -0.05) is 6.92 Å². The highest BCUT2D eigenvalue weighted by Crippen LogP contribution is 2.39. The van der Waals surface area contributed by atoms with Gasteiger partial charge in [-0.15, -0.1) is 11.3 Å². The molecule has 3 rings (SSSR count). The molecule has 3 aromatic rings. The van der Waals surface area contributed by atoms with E-state index in [1.165, 1.54) is 23.6 Å². The zero-order valence-corrected chi connectivity index (χ0v) is 16.4. The lowest BCUT2D eigenvalue weighted by molar-refractivity contribution is -0.0329. The van der Waals surface area contributed by atoms with Gasteiger partial charge in [0.05, 0.1) is 32.8 Å². The van der Waals surface area contributed by atoms with Gasteiger partial charge in [-0.3, -0.25) is 0 Å². The van der Waals surface area contributed by atoms with Gasteiger partial charge in [-0.2, -0.15) is 13.2 Å². The number of aryl methyl sites for hydroxylation is 2. The van der Waals surface area contributed by atoms with Crippen LogP contribution in [0.4, 0.5) is 13.2 Å². The van der Waals surface area contributed by atoms with Gasteiger partial charge in [0.25, 0.3) is 0 Å². The number of halogens is 3. The molecule has 5 nitrogen and oxygen atoms in total. The van der Waals surface area contributed by atoms with Gasteiger partial charge < -0.3 is 4.57 Å². The molecule has 0 atom stereocenters. The lowest BCUT2D eigenvalue weighted by Gasteiger charge is -2.05. The van der Waals surface area contributed by atoms with Gasteiger partial charge in [0.15, 0.2) is 15.7 Å². The summed E-state index contributed by atoms with van der Waals surface area (Å²) in [7, 11) is -1.77. The van der Waals surface area contributed by atoms with Crippen LogP contribution in [0.3, 0.4) is 0 Å². The van der Waals surface area contributed by atoms with E-state index in [1.807, 2.05) is 0 Å². The van der Waals surface area contributed by atoms with E-state index < -0.39 is 15.3 Å². The van der Waals surface area contributed by atoms with E-state index in [9.17, 15) is 21.6 Å². The lowest BCUT2D eigenvalue weighted by Crippen LogP contribution is -2.04. The predicted molar refractivity (Wildman–Crippen MR) is 96.2 cm³/mol. The highest BCUT2D eigenvalue weighted by molar-refractivity contribution is 8.00. The average Bonchev–Trinajstić information content (AvgIpc) is 3.06. The minimum atomic E-state index is -4.44. The summed E-state index contributed by atoms with van der Waals surface area (Å²) in [5.41, 5.74) is -3.58. The maximum atomic E-state index is 12.5. The molecule has 0 N–H and O–H groups in total. The summed E-state index contributed by atoms with van der Waals surface area (Å²) in [6.45, 7) is 3.36. The van der Waals surface area contributed by atoms with E-state index in [0.717, 1.165) is 4.88 Å². The number of nitrogens with zero attached hydrogens (tertiary/aromatic N) is 3. The summed E-state index contributed by atoms with van der Waals surface area (Å²) < 4.78 is 64.0. The van der Waals surface area contributed by atoms with E-state index in [-0.39, 0.29) is 27.4 Å². The van der Waals surface area contributed by atoms with E-state index in [4.69, 9.17) is 0 Å². The predicted octanol–water partition coefficient (Wildman–Crippen LogP) is 4.41. The van der Waals surface area contributed by atoms with Crippen LogP contribution in [0.15, 0.2) is 28.3 Å². The molecule has 0 amide bonds. The molecule has 0 saturated heterocycles. The normalized spacial score (nSPS) is 12.8. The summed E-state index contributed by atoms with van der Waals surface area (Å²) in [6.07, 6.45) is 1.31. The second-order valence-corrected chi connectivity index (χ2v) is 10.1. The van der Waals surface area contributed by atoms with Crippen LogP contribution >= 0.6 is 23.1 Å². The smallest absolute Gasteiger partial charge is 0.325 e. The van der Waals surface area contributed by atoms with Crippen molar-refractivity contribution in [3.63, 3.8) is 0 Å². The summed E-state index contributed by atoms with van der Waals surface area (Å²) in [5, 5.41) is -0.210. The first-order valence-corrected chi connectivity index (χ1v) is 10.7. The highest BCUT2D eigenvalue weighted by atomic mass is 32.2. The number of fused-ring (bicyclic) bond motifs is 1. The summed E-state index contributed by atoms with van der Waals surface area (Å²) in [6, 6.07) is 2.85. The fourth-order valence-corrected chi connectivity index (χ4v) is 5.55. The van der Waals surface area contributed by atoms with Gasteiger partial charge in [-0.25, -0.2) is 18.4 Å². The molecule has 0 unspecified atom stereocenters. The van der Waals surface area contributed by atoms with E-state index in [0.29, 0.717) is 21.7 Å². The van der Waals surface area contributed by atoms with Gasteiger partial charge in [0.2, 0.25) is 0 Å². The largest absolute Gasteiger partial charge is 0.447 e. The Kier molecular flexibility index (Phi) is 4.82.